The number of methoxy groups -OCH3 is 1. The predicted octanol–water partition coefficient (Wildman–Crippen LogP) is 3.12. The average molecular weight is 369 g/mol. The van der Waals surface area contributed by atoms with Crippen LogP contribution in [0.3, 0.4) is 0 Å². The van der Waals surface area contributed by atoms with Gasteiger partial charge in [0.1, 0.15) is 0 Å². The van der Waals surface area contributed by atoms with Crippen molar-refractivity contribution in [2.45, 2.75) is 26.8 Å². The van der Waals surface area contributed by atoms with Crippen LogP contribution in [-0.2, 0) is 14.3 Å². The monoisotopic (exact) mass is 369 g/mol. The molecule has 0 aromatic heterocycles. The minimum atomic E-state index is -0.759. The second kappa shape index (κ2) is 8.98. The van der Waals surface area contributed by atoms with Gasteiger partial charge in [-0.3, -0.25) is 4.79 Å². The zero-order chi connectivity index (χ0) is 20.0. The number of ether oxygens (including phenoxy) is 2. The fourth-order valence-electron chi connectivity index (χ4n) is 2.56. The third-order valence-corrected chi connectivity index (χ3v) is 4.30. The summed E-state index contributed by atoms with van der Waals surface area (Å²) >= 11 is 0. The van der Waals surface area contributed by atoms with Crippen LogP contribution in [0.15, 0.2) is 42.5 Å². The van der Waals surface area contributed by atoms with Crippen LogP contribution < -0.4 is 5.32 Å². The third kappa shape index (κ3) is 5.17. The van der Waals surface area contributed by atoms with Crippen LogP contribution in [0, 0.1) is 13.8 Å². The normalized spacial score (nSPS) is 11.4. The van der Waals surface area contributed by atoms with E-state index in [-0.39, 0.29) is 17.2 Å². The molecule has 0 aliphatic heterocycles. The highest BCUT2D eigenvalue weighted by Gasteiger charge is 2.19. The maximum atomic E-state index is 12.2. The van der Waals surface area contributed by atoms with Crippen molar-refractivity contribution in [1.29, 1.82) is 0 Å². The number of hydrogen-bond acceptors (Lipinski definition) is 5. The van der Waals surface area contributed by atoms with Crippen molar-refractivity contribution >= 4 is 17.8 Å². The molecule has 0 spiro atoms. The molecule has 2 aromatic carbocycles. The Morgan fingerprint density at radius 3 is 2.19 bits per heavy atom. The van der Waals surface area contributed by atoms with Crippen molar-refractivity contribution in [3.05, 3.63) is 70.3 Å². The molecule has 0 aliphatic rings. The first-order valence-corrected chi connectivity index (χ1v) is 8.54. The summed E-state index contributed by atoms with van der Waals surface area (Å²) in [5.41, 5.74) is 3.43. The first-order valence-electron chi connectivity index (χ1n) is 8.54. The Labute approximate surface area is 158 Å². The predicted molar refractivity (Wildman–Crippen MR) is 101 cm³/mol. The van der Waals surface area contributed by atoms with Gasteiger partial charge in [-0.25, -0.2) is 9.59 Å². The molecule has 6 heteroatoms. The molecule has 1 unspecified atom stereocenters. The molecule has 27 heavy (non-hydrogen) atoms. The Balaban J connectivity index is 1.96. The van der Waals surface area contributed by atoms with Crippen molar-refractivity contribution < 1.29 is 23.9 Å². The van der Waals surface area contributed by atoms with Crippen LogP contribution in [0.1, 0.15) is 50.4 Å². The third-order valence-electron chi connectivity index (χ3n) is 4.30. The van der Waals surface area contributed by atoms with Crippen molar-refractivity contribution in [2.24, 2.45) is 0 Å². The van der Waals surface area contributed by atoms with Gasteiger partial charge >= 0.3 is 11.9 Å². The number of rotatable bonds is 6. The van der Waals surface area contributed by atoms with Gasteiger partial charge in [0.05, 0.1) is 24.3 Å². The Morgan fingerprint density at radius 1 is 0.963 bits per heavy atom. The highest BCUT2D eigenvalue weighted by Crippen LogP contribution is 2.17. The standard InChI is InChI=1S/C21H23NO5/c1-13-9-10-16(11-14(13)2)15(3)22-19(23)12-27-21(25)18-8-6-5-7-17(18)20(24)26-4/h5-11,15H,12H2,1-4H3,(H,22,23). The van der Waals surface area contributed by atoms with E-state index in [4.69, 9.17) is 4.74 Å². The number of amides is 1. The molecule has 2 rings (SSSR count). The van der Waals surface area contributed by atoms with Gasteiger partial charge in [-0.15, -0.1) is 0 Å². The van der Waals surface area contributed by atoms with Gasteiger partial charge in [0, 0.05) is 0 Å². The van der Waals surface area contributed by atoms with E-state index in [0.717, 1.165) is 11.1 Å². The molecular formula is C21H23NO5. The molecule has 2 aromatic rings. The van der Waals surface area contributed by atoms with E-state index >= 15 is 0 Å². The van der Waals surface area contributed by atoms with E-state index in [1.54, 1.807) is 12.1 Å². The summed E-state index contributed by atoms with van der Waals surface area (Å²) in [5, 5.41) is 2.79. The summed E-state index contributed by atoms with van der Waals surface area (Å²) < 4.78 is 9.69. The number of carbonyl (C=O) groups is 3. The zero-order valence-corrected chi connectivity index (χ0v) is 15.9. The van der Waals surface area contributed by atoms with Crippen LogP contribution in [0.25, 0.3) is 0 Å². The molecule has 0 fully saturated rings. The van der Waals surface area contributed by atoms with E-state index in [9.17, 15) is 14.4 Å². The van der Waals surface area contributed by atoms with Crippen LogP contribution in [0.5, 0.6) is 0 Å². The number of benzene rings is 2. The van der Waals surface area contributed by atoms with Crippen molar-refractivity contribution in [2.75, 3.05) is 13.7 Å². The first kappa shape index (κ1) is 20.2. The van der Waals surface area contributed by atoms with Crippen LogP contribution in [-0.4, -0.2) is 31.6 Å². The molecule has 0 radical (unpaired) electrons. The number of esters is 2. The fourth-order valence-corrected chi connectivity index (χ4v) is 2.56. The summed E-state index contributed by atoms with van der Waals surface area (Å²) in [6, 6.07) is 11.9. The molecule has 0 bridgehead atoms. The number of hydrogen-bond donors (Lipinski definition) is 1. The Bertz CT molecular complexity index is 859. The van der Waals surface area contributed by atoms with Crippen LogP contribution >= 0.6 is 0 Å². The molecule has 142 valence electrons. The van der Waals surface area contributed by atoms with Gasteiger partial charge in [-0.05, 0) is 49.6 Å². The van der Waals surface area contributed by atoms with Gasteiger partial charge < -0.3 is 14.8 Å². The number of aryl methyl sites for hydroxylation is 2. The lowest BCUT2D eigenvalue weighted by molar-refractivity contribution is -0.124. The lowest BCUT2D eigenvalue weighted by Gasteiger charge is -2.16. The number of nitrogens with one attached hydrogen (secondary N) is 1. The van der Waals surface area contributed by atoms with E-state index in [2.05, 4.69) is 10.1 Å². The second-order valence-corrected chi connectivity index (χ2v) is 6.25. The maximum Gasteiger partial charge on any atom is 0.339 e. The van der Waals surface area contributed by atoms with E-state index in [0.29, 0.717) is 0 Å². The lowest BCUT2D eigenvalue weighted by atomic mass is 10.0. The highest BCUT2D eigenvalue weighted by molar-refractivity contribution is 6.03. The Kier molecular flexibility index (Phi) is 6.71. The van der Waals surface area contributed by atoms with Gasteiger partial charge in [-0.1, -0.05) is 30.3 Å². The van der Waals surface area contributed by atoms with Gasteiger partial charge in [0.2, 0.25) is 0 Å². The molecule has 1 N–H and O–H groups in total. The SMILES string of the molecule is COC(=O)c1ccccc1C(=O)OCC(=O)NC(C)c1ccc(C)c(C)c1. The summed E-state index contributed by atoms with van der Waals surface area (Å²) in [5.74, 6) is -1.83. The Morgan fingerprint density at radius 2 is 1.59 bits per heavy atom. The molecule has 6 nitrogen and oxygen atoms in total. The number of carbonyl (C=O) groups excluding carboxylic acids is 3. The van der Waals surface area contributed by atoms with Crippen molar-refractivity contribution in [1.82, 2.24) is 5.32 Å². The summed E-state index contributed by atoms with van der Waals surface area (Å²) in [6.07, 6.45) is 0. The molecule has 0 heterocycles. The second-order valence-electron chi connectivity index (χ2n) is 6.25. The first-order chi connectivity index (χ1) is 12.8. The van der Waals surface area contributed by atoms with Gasteiger partial charge in [0.15, 0.2) is 6.61 Å². The molecule has 0 aliphatic carbocycles. The smallest absolute Gasteiger partial charge is 0.339 e. The molecule has 0 saturated carbocycles. The summed E-state index contributed by atoms with van der Waals surface area (Å²) in [4.78, 5) is 36.0. The van der Waals surface area contributed by atoms with E-state index in [1.807, 2.05) is 39.0 Å². The topological polar surface area (TPSA) is 81.7 Å². The van der Waals surface area contributed by atoms with Crippen LogP contribution in [0.4, 0.5) is 0 Å². The molecule has 1 atom stereocenters. The van der Waals surface area contributed by atoms with Gasteiger partial charge in [-0.2, -0.15) is 0 Å². The maximum absolute atomic E-state index is 12.2. The molecule has 0 saturated heterocycles. The Hall–Kier alpha value is -3.15. The minimum Gasteiger partial charge on any atom is -0.465 e. The quantitative estimate of drug-likeness (QED) is 0.791. The largest absolute Gasteiger partial charge is 0.465 e. The van der Waals surface area contributed by atoms with Crippen molar-refractivity contribution in [3.63, 3.8) is 0 Å². The highest BCUT2D eigenvalue weighted by atomic mass is 16.5. The van der Waals surface area contributed by atoms with Crippen LogP contribution in [0.2, 0.25) is 0 Å². The minimum absolute atomic E-state index is 0.0550. The summed E-state index contributed by atoms with van der Waals surface area (Å²) in [6.45, 7) is 5.45. The van der Waals surface area contributed by atoms with E-state index in [1.165, 1.54) is 24.8 Å². The van der Waals surface area contributed by atoms with E-state index < -0.39 is 24.5 Å². The average Bonchev–Trinajstić information content (AvgIpc) is 2.67. The van der Waals surface area contributed by atoms with Crippen molar-refractivity contribution in [3.8, 4) is 0 Å². The molecular weight excluding hydrogens is 346 g/mol. The lowest BCUT2D eigenvalue weighted by Crippen LogP contribution is -2.31. The fraction of sp³-hybridized carbons (Fsp3) is 0.286. The molecule has 1 amide bonds. The summed E-state index contributed by atoms with van der Waals surface area (Å²) in [7, 11) is 1.23. The van der Waals surface area contributed by atoms with Gasteiger partial charge in [0.25, 0.3) is 5.91 Å². The zero-order valence-electron chi connectivity index (χ0n) is 15.9.